The number of rotatable bonds is 6. The first-order valence-electron chi connectivity index (χ1n) is 6.58. The SMILES string of the molecule is CC(NCCCC(N)=O)c1ccc2c(c1)OCCO2. The summed E-state index contributed by atoms with van der Waals surface area (Å²) in [4.78, 5) is 10.6. The predicted molar refractivity (Wildman–Crippen MR) is 72.3 cm³/mol. The van der Waals surface area contributed by atoms with Gasteiger partial charge >= 0.3 is 0 Å². The van der Waals surface area contributed by atoms with Crippen LogP contribution in [0.5, 0.6) is 11.5 Å². The molecule has 0 fully saturated rings. The third-order valence-corrected chi connectivity index (χ3v) is 3.12. The molecule has 1 heterocycles. The van der Waals surface area contributed by atoms with Crippen LogP contribution in [-0.4, -0.2) is 25.7 Å². The molecule has 1 amide bonds. The van der Waals surface area contributed by atoms with Gasteiger partial charge in [0.05, 0.1) is 0 Å². The summed E-state index contributed by atoms with van der Waals surface area (Å²) >= 11 is 0. The fraction of sp³-hybridized carbons (Fsp3) is 0.500. The molecule has 5 heteroatoms. The van der Waals surface area contributed by atoms with Gasteiger partial charge in [-0.3, -0.25) is 4.79 Å². The van der Waals surface area contributed by atoms with E-state index in [0.717, 1.165) is 30.0 Å². The summed E-state index contributed by atoms with van der Waals surface area (Å²) < 4.78 is 11.0. The number of hydrogen-bond acceptors (Lipinski definition) is 4. The first-order valence-corrected chi connectivity index (χ1v) is 6.58. The first kappa shape index (κ1) is 13.7. The summed E-state index contributed by atoms with van der Waals surface area (Å²) in [6.07, 6.45) is 1.17. The largest absolute Gasteiger partial charge is 0.486 e. The van der Waals surface area contributed by atoms with E-state index in [0.29, 0.717) is 19.6 Å². The van der Waals surface area contributed by atoms with Crippen LogP contribution in [0.15, 0.2) is 18.2 Å². The molecule has 1 aliphatic heterocycles. The lowest BCUT2D eigenvalue weighted by Gasteiger charge is -2.21. The molecule has 1 aliphatic rings. The minimum Gasteiger partial charge on any atom is -0.486 e. The van der Waals surface area contributed by atoms with Crippen LogP contribution in [-0.2, 0) is 4.79 Å². The van der Waals surface area contributed by atoms with Crippen LogP contribution in [0.25, 0.3) is 0 Å². The van der Waals surface area contributed by atoms with Crippen molar-refractivity contribution in [1.82, 2.24) is 5.32 Å². The minimum atomic E-state index is -0.256. The van der Waals surface area contributed by atoms with Crippen molar-refractivity contribution in [3.8, 4) is 11.5 Å². The van der Waals surface area contributed by atoms with Gasteiger partial charge in [-0.2, -0.15) is 0 Å². The molecule has 3 N–H and O–H groups in total. The van der Waals surface area contributed by atoms with Gasteiger partial charge in [0.25, 0.3) is 0 Å². The second-order valence-electron chi connectivity index (χ2n) is 4.65. The van der Waals surface area contributed by atoms with Crippen molar-refractivity contribution in [3.63, 3.8) is 0 Å². The van der Waals surface area contributed by atoms with E-state index >= 15 is 0 Å². The standard InChI is InChI=1S/C14H20N2O3/c1-10(16-6-2-3-14(15)17)11-4-5-12-13(9-11)19-8-7-18-12/h4-5,9-10,16H,2-3,6-8H2,1H3,(H2,15,17). The van der Waals surface area contributed by atoms with Crippen LogP contribution in [0.4, 0.5) is 0 Å². The molecule has 0 spiro atoms. The zero-order valence-electron chi connectivity index (χ0n) is 11.1. The van der Waals surface area contributed by atoms with Crippen molar-refractivity contribution in [1.29, 1.82) is 0 Å². The van der Waals surface area contributed by atoms with Gasteiger partial charge in [0.1, 0.15) is 13.2 Å². The molecule has 2 rings (SSSR count). The zero-order chi connectivity index (χ0) is 13.7. The lowest BCUT2D eigenvalue weighted by Crippen LogP contribution is -2.22. The van der Waals surface area contributed by atoms with Crippen molar-refractivity contribution in [2.45, 2.75) is 25.8 Å². The smallest absolute Gasteiger partial charge is 0.217 e. The molecule has 1 aromatic rings. The number of nitrogens with one attached hydrogen (secondary N) is 1. The van der Waals surface area contributed by atoms with E-state index in [1.165, 1.54) is 0 Å². The number of nitrogens with two attached hydrogens (primary N) is 1. The summed E-state index contributed by atoms with van der Waals surface area (Å²) in [5.41, 5.74) is 6.24. The molecule has 0 aliphatic carbocycles. The number of ether oxygens (including phenoxy) is 2. The maximum atomic E-state index is 10.6. The first-order chi connectivity index (χ1) is 9.16. The van der Waals surface area contributed by atoms with Crippen LogP contribution in [0.1, 0.15) is 31.4 Å². The Balaban J connectivity index is 1.88. The van der Waals surface area contributed by atoms with E-state index in [4.69, 9.17) is 15.2 Å². The minimum absolute atomic E-state index is 0.198. The fourth-order valence-corrected chi connectivity index (χ4v) is 2.03. The van der Waals surface area contributed by atoms with Gasteiger partial charge in [-0.25, -0.2) is 0 Å². The van der Waals surface area contributed by atoms with Gasteiger partial charge in [0.2, 0.25) is 5.91 Å². The lowest BCUT2D eigenvalue weighted by atomic mass is 10.1. The van der Waals surface area contributed by atoms with Crippen LogP contribution in [0.2, 0.25) is 0 Å². The summed E-state index contributed by atoms with van der Waals surface area (Å²) in [7, 11) is 0. The summed E-state index contributed by atoms with van der Waals surface area (Å²) in [5, 5.41) is 3.36. The molecule has 104 valence electrons. The normalized spacial score (nSPS) is 15.0. The number of hydrogen-bond donors (Lipinski definition) is 2. The highest BCUT2D eigenvalue weighted by molar-refractivity contribution is 5.73. The number of carbonyl (C=O) groups is 1. The molecular formula is C14H20N2O3. The maximum Gasteiger partial charge on any atom is 0.217 e. The Kier molecular flexibility index (Phi) is 4.63. The van der Waals surface area contributed by atoms with Crippen molar-refractivity contribution >= 4 is 5.91 Å². The Morgan fingerprint density at radius 3 is 2.84 bits per heavy atom. The quantitative estimate of drug-likeness (QED) is 0.761. The summed E-state index contributed by atoms with van der Waals surface area (Å²) in [6, 6.07) is 6.16. The van der Waals surface area contributed by atoms with Crippen LogP contribution in [0.3, 0.4) is 0 Å². The molecule has 1 unspecified atom stereocenters. The third kappa shape index (κ3) is 3.86. The molecule has 0 saturated heterocycles. The molecule has 0 bridgehead atoms. The van der Waals surface area contributed by atoms with Gasteiger partial charge < -0.3 is 20.5 Å². The molecule has 0 saturated carbocycles. The monoisotopic (exact) mass is 264 g/mol. The second-order valence-corrected chi connectivity index (χ2v) is 4.65. The molecular weight excluding hydrogens is 244 g/mol. The van der Waals surface area contributed by atoms with E-state index in [9.17, 15) is 4.79 Å². The van der Waals surface area contributed by atoms with E-state index in [1.54, 1.807) is 0 Å². The molecule has 0 radical (unpaired) electrons. The average Bonchev–Trinajstić information content (AvgIpc) is 2.42. The van der Waals surface area contributed by atoms with Crippen molar-refractivity contribution in [3.05, 3.63) is 23.8 Å². The molecule has 0 aromatic heterocycles. The number of amides is 1. The van der Waals surface area contributed by atoms with E-state index in [-0.39, 0.29) is 11.9 Å². The Bertz CT molecular complexity index is 448. The highest BCUT2D eigenvalue weighted by atomic mass is 16.6. The van der Waals surface area contributed by atoms with E-state index in [2.05, 4.69) is 12.2 Å². The van der Waals surface area contributed by atoms with E-state index < -0.39 is 0 Å². The molecule has 19 heavy (non-hydrogen) atoms. The number of fused-ring (bicyclic) bond motifs is 1. The van der Waals surface area contributed by atoms with Gasteiger partial charge in [-0.05, 0) is 37.6 Å². The Labute approximate surface area is 113 Å². The second kappa shape index (κ2) is 6.43. The number of benzene rings is 1. The van der Waals surface area contributed by atoms with Gasteiger partial charge in [0, 0.05) is 12.5 Å². The van der Waals surface area contributed by atoms with Crippen molar-refractivity contribution in [2.75, 3.05) is 19.8 Å². The van der Waals surface area contributed by atoms with Gasteiger partial charge in [0.15, 0.2) is 11.5 Å². The highest BCUT2D eigenvalue weighted by Crippen LogP contribution is 2.32. The molecule has 1 aromatic carbocycles. The molecule has 1 atom stereocenters. The van der Waals surface area contributed by atoms with Crippen molar-refractivity contribution < 1.29 is 14.3 Å². The summed E-state index contributed by atoms with van der Waals surface area (Å²) in [6.45, 7) is 4.04. The molecule has 5 nitrogen and oxygen atoms in total. The number of primary amides is 1. The number of carbonyl (C=O) groups excluding carboxylic acids is 1. The van der Waals surface area contributed by atoms with Crippen molar-refractivity contribution in [2.24, 2.45) is 5.73 Å². The van der Waals surface area contributed by atoms with Crippen LogP contribution < -0.4 is 20.5 Å². The van der Waals surface area contributed by atoms with Gasteiger partial charge in [-0.15, -0.1) is 0 Å². The Morgan fingerprint density at radius 2 is 2.11 bits per heavy atom. The highest BCUT2D eigenvalue weighted by Gasteiger charge is 2.14. The van der Waals surface area contributed by atoms with Crippen LogP contribution >= 0.6 is 0 Å². The third-order valence-electron chi connectivity index (χ3n) is 3.12. The average molecular weight is 264 g/mol. The fourth-order valence-electron chi connectivity index (χ4n) is 2.03. The Morgan fingerprint density at radius 1 is 1.37 bits per heavy atom. The maximum absolute atomic E-state index is 10.6. The van der Waals surface area contributed by atoms with Gasteiger partial charge in [-0.1, -0.05) is 6.07 Å². The van der Waals surface area contributed by atoms with E-state index in [1.807, 2.05) is 18.2 Å². The Hall–Kier alpha value is -1.75. The summed E-state index contributed by atoms with van der Waals surface area (Å²) in [5.74, 6) is 1.35. The predicted octanol–water partition coefficient (Wildman–Crippen LogP) is 1.37. The zero-order valence-corrected chi connectivity index (χ0v) is 11.1. The lowest BCUT2D eigenvalue weighted by molar-refractivity contribution is -0.118. The van der Waals surface area contributed by atoms with Crippen LogP contribution in [0, 0.1) is 0 Å². The topological polar surface area (TPSA) is 73.6 Å².